The predicted molar refractivity (Wildman–Crippen MR) is 84.3 cm³/mol. The van der Waals surface area contributed by atoms with Gasteiger partial charge in [-0.25, -0.2) is 13.1 Å². The van der Waals surface area contributed by atoms with Gasteiger partial charge < -0.3 is 0 Å². The van der Waals surface area contributed by atoms with E-state index in [1.54, 1.807) is 18.2 Å². The number of benzene rings is 2. The Morgan fingerprint density at radius 3 is 2.21 bits per heavy atom. The fourth-order valence-corrected chi connectivity index (χ4v) is 4.34. The summed E-state index contributed by atoms with van der Waals surface area (Å²) in [6, 6.07) is 16.2. The van der Waals surface area contributed by atoms with Crippen molar-refractivity contribution in [3.63, 3.8) is 0 Å². The van der Waals surface area contributed by atoms with Gasteiger partial charge in [-0.3, -0.25) is 0 Å². The maximum atomic E-state index is 12.3. The zero-order valence-corrected chi connectivity index (χ0v) is 13.4. The molecule has 3 nitrogen and oxygen atoms in total. The standard InChI is InChI=1S/C14H14INO2S/c1-11(12-7-3-2-4-8-12)16-19(17,18)14-10-6-5-9-13(14)15/h2-11,16H,1H3/t11-/m1/s1. The Hall–Kier alpha value is -0.920. The molecular formula is C14H14INO2S. The minimum Gasteiger partial charge on any atom is -0.207 e. The van der Waals surface area contributed by atoms with Crippen LogP contribution in [0, 0.1) is 3.57 Å². The molecule has 2 aromatic rings. The molecule has 0 spiro atoms. The summed E-state index contributed by atoms with van der Waals surface area (Å²) < 4.78 is 28.1. The molecule has 2 rings (SSSR count). The first-order valence-corrected chi connectivity index (χ1v) is 8.39. The lowest BCUT2D eigenvalue weighted by Crippen LogP contribution is -2.27. The summed E-state index contributed by atoms with van der Waals surface area (Å²) in [7, 11) is -3.50. The molecule has 1 N–H and O–H groups in total. The Morgan fingerprint density at radius 1 is 1.00 bits per heavy atom. The van der Waals surface area contributed by atoms with E-state index in [9.17, 15) is 8.42 Å². The third-order valence-electron chi connectivity index (χ3n) is 2.76. The Kier molecular flexibility index (Phi) is 4.59. The monoisotopic (exact) mass is 387 g/mol. The maximum Gasteiger partial charge on any atom is 0.242 e. The van der Waals surface area contributed by atoms with E-state index in [4.69, 9.17) is 0 Å². The SMILES string of the molecule is C[C@@H](NS(=O)(=O)c1ccccc1I)c1ccccc1. The molecule has 0 aromatic heterocycles. The summed E-state index contributed by atoms with van der Waals surface area (Å²) in [5.41, 5.74) is 0.942. The molecule has 2 aromatic carbocycles. The minimum absolute atomic E-state index is 0.262. The molecule has 0 aliphatic heterocycles. The molecule has 0 aliphatic carbocycles. The highest BCUT2D eigenvalue weighted by molar-refractivity contribution is 14.1. The summed E-state index contributed by atoms with van der Waals surface area (Å²) in [6.45, 7) is 1.84. The van der Waals surface area contributed by atoms with Crippen molar-refractivity contribution in [2.24, 2.45) is 0 Å². The van der Waals surface area contributed by atoms with Crippen LogP contribution in [0.15, 0.2) is 59.5 Å². The van der Waals surface area contributed by atoms with E-state index in [1.165, 1.54) is 0 Å². The van der Waals surface area contributed by atoms with Gasteiger partial charge in [0.05, 0.1) is 4.90 Å². The van der Waals surface area contributed by atoms with E-state index in [2.05, 4.69) is 4.72 Å². The van der Waals surface area contributed by atoms with Gasteiger partial charge >= 0.3 is 0 Å². The van der Waals surface area contributed by atoms with Crippen molar-refractivity contribution in [3.8, 4) is 0 Å². The van der Waals surface area contributed by atoms with Gasteiger partial charge in [0, 0.05) is 9.61 Å². The van der Waals surface area contributed by atoms with Crippen molar-refractivity contribution in [2.75, 3.05) is 0 Å². The molecule has 5 heteroatoms. The first kappa shape index (κ1) is 14.5. The molecule has 100 valence electrons. The van der Waals surface area contributed by atoms with Crippen molar-refractivity contribution < 1.29 is 8.42 Å². The molecule has 0 saturated carbocycles. The fraction of sp³-hybridized carbons (Fsp3) is 0.143. The molecule has 0 aliphatic rings. The van der Waals surface area contributed by atoms with Crippen molar-refractivity contribution in [1.82, 2.24) is 4.72 Å². The third-order valence-corrected chi connectivity index (χ3v) is 5.66. The fourth-order valence-electron chi connectivity index (χ4n) is 1.77. The van der Waals surface area contributed by atoms with E-state index >= 15 is 0 Å². The molecule has 0 saturated heterocycles. The predicted octanol–water partition coefficient (Wildman–Crippen LogP) is 3.33. The number of sulfonamides is 1. The summed E-state index contributed by atoms with van der Waals surface area (Å²) in [5, 5.41) is 0. The van der Waals surface area contributed by atoms with Crippen LogP contribution in [0.25, 0.3) is 0 Å². The van der Waals surface area contributed by atoms with E-state index in [0.29, 0.717) is 8.47 Å². The maximum absolute atomic E-state index is 12.3. The number of halogens is 1. The van der Waals surface area contributed by atoms with Crippen LogP contribution in [0.2, 0.25) is 0 Å². The van der Waals surface area contributed by atoms with E-state index < -0.39 is 10.0 Å². The molecule has 1 atom stereocenters. The number of nitrogens with one attached hydrogen (secondary N) is 1. The van der Waals surface area contributed by atoms with Crippen LogP contribution in [0.3, 0.4) is 0 Å². The quantitative estimate of drug-likeness (QED) is 0.819. The highest BCUT2D eigenvalue weighted by Crippen LogP contribution is 2.20. The highest BCUT2D eigenvalue weighted by atomic mass is 127. The zero-order valence-electron chi connectivity index (χ0n) is 10.4. The van der Waals surface area contributed by atoms with Gasteiger partial charge in [-0.05, 0) is 47.2 Å². The van der Waals surface area contributed by atoms with Gasteiger partial charge in [0.15, 0.2) is 0 Å². The lowest BCUT2D eigenvalue weighted by atomic mass is 10.1. The van der Waals surface area contributed by atoms with Gasteiger partial charge in [-0.2, -0.15) is 0 Å². The number of hydrogen-bond donors (Lipinski definition) is 1. The lowest BCUT2D eigenvalue weighted by Gasteiger charge is -2.15. The van der Waals surface area contributed by atoms with Crippen molar-refractivity contribution in [3.05, 3.63) is 63.7 Å². The Morgan fingerprint density at radius 2 is 1.58 bits per heavy atom. The van der Waals surface area contributed by atoms with Crippen LogP contribution in [-0.4, -0.2) is 8.42 Å². The number of hydrogen-bond acceptors (Lipinski definition) is 2. The minimum atomic E-state index is -3.50. The van der Waals surface area contributed by atoms with Crippen LogP contribution in [0.4, 0.5) is 0 Å². The first-order chi connectivity index (χ1) is 9.00. The zero-order chi connectivity index (χ0) is 13.9. The molecule has 0 heterocycles. The highest BCUT2D eigenvalue weighted by Gasteiger charge is 2.20. The van der Waals surface area contributed by atoms with Gasteiger partial charge in [0.25, 0.3) is 0 Å². The van der Waals surface area contributed by atoms with Gasteiger partial charge in [-0.1, -0.05) is 42.5 Å². The Balaban J connectivity index is 2.26. The first-order valence-electron chi connectivity index (χ1n) is 5.82. The van der Waals surface area contributed by atoms with Crippen LogP contribution in [0.1, 0.15) is 18.5 Å². The molecule has 0 radical (unpaired) electrons. The molecule has 0 bridgehead atoms. The van der Waals surface area contributed by atoms with Crippen LogP contribution in [0.5, 0.6) is 0 Å². The number of rotatable bonds is 4. The summed E-state index contributed by atoms with van der Waals surface area (Å²) in [6.07, 6.45) is 0. The molecule has 0 fully saturated rings. The van der Waals surface area contributed by atoms with Gasteiger partial charge in [0.2, 0.25) is 10.0 Å². The second-order valence-electron chi connectivity index (χ2n) is 4.18. The van der Waals surface area contributed by atoms with E-state index in [-0.39, 0.29) is 6.04 Å². The van der Waals surface area contributed by atoms with Crippen LogP contribution < -0.4 is 4.72 Å². The summed E-state index contributed by atoms with van der Waals surface area (Å²) in [5.74, 6) is 0. The molecule has 0 amide bonds. The second-order valence-corrected chi connectivity index (χ2v) is 7.03. The Bertz CT molecular complexity index is 656. The summed E-state index contributed by atoms with van der Waals surface area (Å²) >= 11 is 2.03. The smallest absolute Gasteiger partial charge is 0.207 e. The molecular weight excluding hydrogens is 373 g/mol. The third kappa shape index (κ3) is 3.55. The van der Waals surface area contributed by atoms with Crippen molar-refractivity contribution >= 4 is 32.6 Å². The van der Waals surface area contributed by atoms with Crippen molar-refractivity contribution in [2.45, 2.75) is 17.9 Å². The second kappa shape index (κ2) is 6.02. The van der Waals surface area contributed by atoms with Crippen molar-refractivity contribution in [1.29, 1.82) is 0 Å². The van der Waals surface area contributed by atoms with Crippen LogP contribution >= 0.6 is 22.6 Å². The topological polar surface area (TPSA) is 46.2 Å². The molecule has 19 heavy (non-hydrogen) atoms. The average Bonchev–Trinajstić information content (AvgIpc) is 2.39. The van der Waals surface area contributed by atoms with E-state index in [0.717, 1.165) is 5.56 Å². The van der Waals surface area contributed by atoms with E-state index in [1.807, 2.05) is 65.9 Å². The van der Waals surface area contributed by atoms with Gasteiger partial charge in [0.1, 0.15) is 0 Å². The lowest BCUT2D eigenvalue weighted by molar-refractivity contribution is 0.566. The van der Waals surface area contributed by atoms with Gasteiger partial charge in [-0.15, -0.1) is 0 Å². The molecule has 0 unspecified atom stereocenters. The largest absolute Gasteiger partial charge is 0.242 e. The van der Waals surface area contributed by atoms with Crippen LogP contribution in [-0.2, 0) is 10.0 Å². The normalized spacial score (nSPS) is 13.2. The Labute approximate surface area is 127 Å². The summed E-state index contributed by atoms with van der Waals surface area (Å²) in [4.78, 5) is 0.318. The average molecular weight is 387 g/mol.